The number of benzene rings is 3. The molecule has 0 fully saturated rings. The Morgan fingerprint density at radius 3 is 2.09 bits per heavy atom. The molecule has 0 spiro atoms. The Hall–Kier alpha value is -3.32. The summed E-state index contributed by atoms with van der Waals surface area (Å²) in [6.07, 6.45) is 1.18. The molecule has 3 aromatic carbocycles. The van der Waals surface area contributed by atoms with Crippen LogP contribution in [-0.4, -0.2) is 27.2 Å². The van der Waals surface area contributed by atoms with Gasteiger partial charge in [0, 0.05) is 5.69 Å². The van der Waals surface area contributed by atoms with Gasteiger partial charge in [-0.3, -0.25) is 9.10 Å². The fraction of sp³-hybridized carbons (Fsp3) is 0.240. The topological polar surface area (TPSA) is 75.7 Å². The van der Waals surface area contributed by atoms with Crippen LogP contribution >= 0.6 is 0 Å². The van der Waals surface area contributed by atoms with Gasteiger partial charge in [0.2, 0.25) is 10.0 Å². The van der Waals surface area contributed by atoms with Gasteiger partial charge >= 0.3 is 0 Å². The van der Waals surface area contributed by atoms with Gasteiger partial charge in [-0.2, -0.15) is 0 Å². The molecule has 1 amide bonds. The molecule has 0 saturated carbocycles. The first-order chi connectivity index (χ1) is 15.1. The Morgan fingerprint density at radius 2 is 1.53 bits per heavy atom. The predicted molar refractivity (Wildman–Crippen MR) is 129 cm³/mol. The summed E-state index contributed by atoms with van der Waals surface area (Å²) in [7, 11) is -3.47. The number of amides is 1. The summed E-state index contributed by atoms with van der Waals surface area (Å²) < 4.78 is 31.6. The number of sulfonamides is 1. The largest absolute Gasteiger partial charge is 0.484 e. The first-order valence-electron chi connectivity index (χ1n) is 10.3. The van der Waals surface area contributed by atoms with Crippen molar-refractivity contribution in [2.75, 3.05) is 22.5 Å². The number of nitrogens with zero attached hydrogens (tertiary/aromatic N) is 1. The monoisotopic (exact) mass is 452 g/mol. The second-order valence-electron chi connectivity index (χ2n) is 7.86. The number of hydrogen-bond donors (Lipinski definition) is 1. The van der Waals surface area contributed by atoms with Crippen LogP contribution in [0, 0.1) is 20.8 Å². The minimum absolute atomic E-state index is 0.147. The Labute approximate surface area is 189 Å². The fourth-order valence-electron chi connectivity index (χ4n) is 3.56. The van der Waals surface area contributed by atoms with Crippen molar-refractivity contribution in [3.8, 4) is 5.75 Å². The van der Waals surface area contributed by atoms with Crippen molar-refractivity contribution in [2.24, 2.45) is 0 Å². The highest BCUT2D eigenvalue weighted by atomic mass is 32.2. The molecule has 1 N–H and O–H groups in total. The van der Waals surface area contributed by atoms with Crippen LogP contribution in [-0.2, 0) is 21.4 Å². The molecule has 0 saturated heterocycles. The predicted octanol–water partition coefficient (Wildman–Crippen LogP) is 4.60. The average Bonchev–Trinajstić information content (AvgIpc) is 2.73. The van der Waals surface area contributed by atoms with Gasteiger partial charge in [-0.1, -0.05) is 48.0 Å². The first kappa shape index (κ1) is 23.3. The van der Waals surface area contributed by atoms with Crippen LogP contribution in [0.2, 0.25) is 0 Å². The fourth-order valence-corrected chi connectivity index (χ4v) is 4.45. The van der Waals surface area contributed by atoms with Gasteiger partial charge in [0.1, 0.15) is 5.75 Å². The van der Waals surface area contributed by atoms with E-state index in [4.69, 9.17) is 4.74 Å². The average molecular weight is 453 g/mol. The molecule has 168 valence electrons. The van der Waals surface area contributed by atoms with E-state index in [2.05, 4.69) is 5.32 Å². The highest BCUT2D eigenvalue weighted by molar-refractivity contribution is 7.92. The van der Waals surface area contributed by atoms with Gasteiger partial charge in [0.15, 0.2) is 6.61 Å². The lowest BCUT2D eigenvalue weighted by Gasteiger charge is -2.22. The van der Waals surface area contributed by atoms with E-state index < -0.39 is 10.0 Å². The van der Waals surface area contributed by atoms with E-state index in [1.54, 1.807) is 24.3 Å². The number of carbonyl (C=O) groups excluding carboxylic acids is 1. The molecule has 0 aliphatic rings. The zero-order valence-electron chi connectivity index (χ0n) is 18.8. The smallest absolute Gasteiger partial charge is 0.262 e. The molecule has 3 rings (SSSR count). The summed E-state index contributed by atoms with van der Waals surface area (Å²) >= 11 is 0. The third-order valence-electron chi connectivity index (χ3n) is 5.01. The van der Waals surface area contributed by atoms with Crippen LogP contribution in [0.1, 0.15) is 22.3 Å². The standard InChI is InChI=1S/C25H28N2O4S/c1-18-14-19(2)25(20(3)15-18)26-24(28)17-31-23-12-10-22(11-13-23)27(32(4,29)30)16-21-8-6-5-7-9-21/h5-15H,16-17H2,1-4H3,(H,26,28). The Morgan fingerprint density at radius 1 is 0.938 bits per heavy atom. The Bertz CT molecular complexity index is 1170. The molecule has 0 bridgehead atoms. The molecular formula is C25H28N2O4S. The maximum absolute atomic E-state index is 12.4. The van der Waals surface area contributed by atoms with Crippen molar-refractivity contribution >= 4 is 27.3 Å². The van der Waals surface area contributed by atoms with Crippen molar-refractivity contribution in [2.45, 2.75) is 27.3 Å². The molecule has 0 aromatic heterocycles. The third kappa shape index (κ3) is 6.11. The van der Waals surface area contributed by atoms with Gasteiger partial charge in [-0.05, 0) is 61.7 Å². The molecule has 3 aromatic rings. The summed E-state index contributed by atoms with van der Waals surface area (Å²) in [6.45, 7) is 6.02. The maximum Gasteiger partial charge on any atom is 0.262 e. The molecule has 6 nitrogen and oxygen atoms in total. The summed E-state index contributed by atoms with van der Waals surface area (Å²) in [6, 6.07) is 20.1. The van der Waals surface area contributed by atoms with Crippen LogP contribution in [0.25, 0.3) is 0 Å². The van der Waals surface area contributed by atoms with Crippen LogP contribution in [0.15, 0.2) is 66.7 Å². The number of carbonyl (C=O) groups is 1. The van der Waals surface area contributed by atoms with Crippen LogP contribution in [0.5, 0.6) is 5.75 Å². The van der Waals surface area contributed by atoms with Gasteiger partial charge in [-0.15, -0.1) is 0 Å². The van der Waals surface area contributed by atoms with E-state index in [1.807, 2.05) is 63.2 Å². The molecular weight excluding hydrogens is 424 g/mol. The summed E-state index contributed by atoms with van der Waals surface area (Å²) in [4.78, 5) is 12.4. The van der Waals surface area contributed by atoms with E-state index in [0.717, 1.165) is 27.9 Å². The zero-order valence-corrected chi connectivity index (χ0v) is 19.6. The molecule has 0 aliphatic heterocycles. The van der Waals surface area contributed by atoms with Gasteiger partial charge in [0.25, 0.3) is 5.91 Å². The number of anilines is 2. The molecule has 0 aliphatic carbocycles. The third-order valence-corrected chi connectivity index (χ3v) is 6.15. The number of nitrogens with one attached hydrogen (secondary N) is 1. The lowest BCUT2D eigenvalue weighted by molar-refractivity contribution is -0.118. The van der Waals surface area contributed by atoms with Gasteiger partial charge < -0.3 is 10.1 Å². The minimum atomic E-state index is -3.47. The quantitative estimate of drug-likeness (QED) is 0.542. The highest BCUT2D eigenvalue weighted by Crippen LogP contribution is 2.24. The second-order valence-corrected chi connectivity index (χ2v) is 9.77. The van der Waals surface area contributed by atoms with E-state index in [1.165, 1.54) is 10.6 Å². The summed E-state index contributed by atoms with van der Waals surface area (Å²) in [5.74, 6) is 0.223. The SMILES string of the molecule is Cc1cc(C)c(NC(=O)COc2ccc(N(Cc3ccccc3)S(C)(=O)=O)cc2)c(C)c1. The molecule has 0 atom stereocenters. The number of hydrogen-bond acceptors (Lipinski definition) is 4. The summed E-state index contributed by atoms with van der Waals surface area (Å²) in [5, 5.41) is 2.90. The number of rotatable bonds is 8. The highest BCUT2D eigenvalue weighted by Gasteiger charge is 2.18. The Balaban J connectivity index is 1.65. The number of ether oxygens (including phenoxy) is 1. The van der Waals surface area contributed by atoms with Crippen molar-refractivity contribution in [3.63, 3.8) is 0 Å². The molecule has 7 heteroatoms. The lowest BCUT2D eigenvalue weighted by Crippen LogP contribution is -2.29. The van der Waals surface area contributed by atoms with E-state index in [0.29, 0.717) is 11.4 Å². The molecule has 0 heterocycles. The number of aryl methyl sites for hydroxylation is 3. The van der Waals surface area contributed by atoms with Crippen molar-refractivity contribution in [1.29, 1.82) is 0 Å². The van der Waals surface area contributed by atoms with Crippen molar-refractivity contribution < 1.29 is 17.9 Å². The van der Waals surface area contributed by atoms with E-state index in [-0.39, 0.29) is 19.1 Å². The van der Waals surface area contributed by atoms with Crippen LogP contribution in [0.3, 0.4) is 0 Å². The van der Waals surface area contributed by atoms with Crippen molar-refractivity contribution in [3.05, 3.63) is 89.0 Å². The Kier molecular flexibility index (Phi) is 7.20. The van der Waals surface area contributed by atoms with E-state index >= 15 is 0 Å². The second kappa shape index (κ2) is 9.87. The van der Waals surface area contributed by atoms with Gasteiger partial charge in [0.05, 0.1) is 18.5 Å². The van der Waals surface area contributed by atoms with Crippen LogP contribution in [0.4, 0.5) is 11.4 Å². The lowest BCUT2D eigenvalue weighted by atomic mass is 10.1. The van der Waals surface area contributed by atoms with Crippen LogP contribution < -0.4 is 14.4 Å². The maximum atomic E-state index is 12.4. The molecule has 0 radical (unpaired) electrons. The minimum Gasteiger partial charge on any atom is -0.484 e. The first-order valence-corrected chi connectivity index (χ1v) is 12.1. The normalized spacial score (nSPS) is 11.1. The zero-order chi connectivity index (χ0) is 23.3. The van der Waals surface area contributed by atoms with Gasteiger partial charge in [-0.25, -0.2) is 8.42 Å². The molecule has 32 heavy (non-hydrogen) atoms. The summed E-state index contributed by atoms with van der Waals surface area (Å²) in [5.41, 5.74) is 5.35. The molecule has 0 unspecified atom stereocenters. The van der Waals surface area contributed by atoms with E-state index in [9.17, 15) is 13.2 Å². The van der Waals surface area contributed by atoms with Crippen molar-refractivity contribution in [1.82, 2.24) is 0 Å².